The van der Waals surface area contributed by atoms with Gasteiger partial charge in [-0.2, -0.15) is 0 Å². The number of hydrogen-bond donors (Lipinski definition) is 4. The van der Waals surface area contributed by atoms with E-state index in [-0.39, 0.29) is 12.6 Å². The highest BCUT2D eigenvalue weighted by Gasteiger charge is 2.12. The van der Waals surface area contributed by atoms with E-state index < -0.39 is 6.09 Å². The highest BCUT2D eigenvalue weighted by Crippen LogP contribution is 2.32. The maximum absolute atomic E-state index is 11.9. The number of aromatic nitrogens is 2. The number of pyridine rings is 2. The smallest absolute Gasteiger partial charge is 0.404 e. The molecule has 29 heavy (non-hydrogen) atoms. The summed E-state index contributed by atoms with van der Waals surface area (Å²) in [5.74, 6) is 0.413. The Balaban J connectivity index is 2.14. The van der Waals surface area contributed by atoms with Gasteiger partial charge in [-0.05, 0) is 61.0 Å². The number of benzene rings is 1. The molecule has 8 nitrogen and oxygen atoms in total. The van der Waals surface area contributed by atoms with Crippen LogP contribution in [0.3, 0.4) is 0 Å². The first-order valence-electron chi connectivity index (χ1n) is 9.26. The van der Waals surface area contributed by atoms with Crippen molar-refractivity contribution in [3.8, 4) is 11.1 Å². The van der Waals surface area contributed by atoms with Crippen LogP contribution in [0, 0.1) is 13.8 Å². The largest absolute Gasteiger partial charge is 0.465 e. The quantitative estimate of drug-likeness (QED) is 0.526. The number of carbonyl (C=O) groups excluding carboxylic acids is 1. The molecule has 0 aliphatic heterocycles. The lowest BCUT2D eigenvalue weighted by atomic mass is 9.95. The van der Waals surface area contributed by atoms with E-state index in [9.17, 15) is 9.59 Å². The lowest BCUT2D eigenvalue weighted by molar-refractivity contribution is 0.194. The predicted octanol–water partition coefficient (Wildman–Crippen LogP) is 3.82. The van der Waals surface area contributed by atoms with E-state index in [1.807, 2.05) is 45.0 Å². The van der Waals surface area contributed by atoms with E-state index in [0.717, 1.165) is 38.9 Å². The van der Waals surface area contributed by atoms with Crippen molar-refractivity contribution in [2.75, 3.05) is 11.9 Å². The predicted molar refractivity (Wildman–Crippen MR) is 112 cm³/mol. The van der Waals surface area contributed by atoms with Crippen LogP contribution in [0.5, 0.6) is 0 Å². The van der Waals surface area contributed by atoms with Crippen molar-refractivity contribution in [2.24, 2.45) is 0 Å². The van der Waals surface area contributed by atoms with Gasteiger partial charge in [0.25, 0.3) is 0 Å². The molecule has 0 radical (unpaired) electrons. The third kappa shape index (κ3) is 4.78. The van der Waals surface area contributed by atoms with Crippen LogP contribution < -0.4 is 16.0 Å². The number of nitrogens with zero attached hydrogens (tertiary/aromatic N) is 2. The molecule has 8 heteroatoms. The Morgan fingerprint density at radius 1 is 1.03 bits per heavy atom. The highest BCUT2D eigenvalue weighted by molar-refractivity contribution is 6.01. The van der Waals surface area contributed by atoms with Crippen LogP contribution in [0.15, 0.2) is 36.5 Å². The molecular weight excluding hydrogens is 370 g/mol. The molecule has 0 spiro atoms. The van der Waals surface area contributed by atoms with Gasteiger partial charge in [0, 0.05) is 36.1 Å². The van der Waals surface area contributed by atoms with Crippen molar-refractivity contribution in [3.05, 3.63) is 53.5 Å². The monoisotopic (exact) mass is 393 g/mol. The van der Waals surface area contributed by atoms with Gasteiger partial charge in [-0.1, -0.05) is 12.1 Å². The molecule has 150 valence electrons. The summed E-state index contributed by atoms with van der Waals surface area (Å²) >= 11 is 0. The average molecular weight is 393 g/mol. The number of hydrogen-bond acceptors (Lipinski definition) is 4. The van der Waals surface area contributed by atoms with Gasteiger partial charge in [0.1, 0.15) is 5.82 Å². The van der Waals surface area contributed by atoms with E-state index >= 15 is 0 Å². The SMILES string of the molecule is CCNC(=O)Nc1cc2c(-c3cc(C)nc(C)c3)ccc(CNC(=O)O)c2cn1. The molecule has 3 amide bonds. The van der Waals surface area contributed by atoms with E-state index in [0.29, 0.717) is 12.4 Å². The minimum Gasteiger partial charge on any atom is -0.465 e. The number of rotatable bonds is 5. The number of urea groups is 1. The van der Waals surface area contributed by atoms with Crippen LogP contribution in [0.25, 0.3) is 21.9 Å². The van der Waals surface area contributed by atoms with E-state index in [1.54, 1.807) is 12.3 Å². The molecule has 1 aromatic carbocycles. The van der Waals surface area contributed by atoms with Crippen LogP contribution >= 0.6 is 0 Å². The summed E-state index contributed by atoms with van der Waals surface area (Å²) in [6, 6.07) is 9.29. The fraction of sp³-hybridized carbons (Fsp3) is 0.238. The summed E-state index contributed by atoms with van der Waals surface area (Å²) in [6.07, 6.45) is 0.560. The fourth-order valence-corrected chi connectivity index (χ4v) is 3.25. The van der Waals surface area contributed by atoms with Crippen molar-refractivity contribution in [3.63, 3.8) is 0 Å². The molecule has 0 aliphatic carbocycles. The molecule has 3 rings (SSSR count). The molecule has 2 aromatic heterocycles. The Labute approximate surface area is 168 Å². The number of fused-ring (bicyclic) bond motifs is 1. The van der Waals surface area contributed by atoms with E-state index in [4.69, 9.17) is 5.11 Å². The normalized spacial score (nSPS) is 10.6. The third-order valence-corrected chi connectivity index (χ3v) is 4.39. The first kappa shape index (κ1) is 20.1. The first-order chi connectivity index (χ1) is 13.9. The van der Waals surface area contributed by atoms with Gasteiger partial charge in [0.2, 0.25) is 0 Å². The Morgan fingerprint density at radius 3 is 2.41 bits per heavy atom. The van der Waals surface area contributed by atoms with E-state index in [2.05, 4.69) is 25.9 Å². The molecule has 0 fully saturated rings. The molecule has 4 N–H and O–H groups in total. The maximum Gasteiger partial charge on any atom is 0.404 e. The summed E-state index contributed by atoms with van der Waals surface area (Å²) in [4.78, 5) is 31.6. The Morgan fingerprint density at radius 2 is 1.76 bits per heavy atom. The lowest BCUT2D eigenvalue weighted by Crippen LogP contribution is -2.28. The second-order valence-electron chi connectivity index (χ2n) is 6.67. The van der Waals surface area contributed by atoms with Crippen LogP contribution in [0.4, 0.5) is 15.4 Å². The van der Waals surface area contributed by atoms with Crippen LogP contribution in [0.1, 0.15) is 23.9 Å². The van der Waals surface area contributed by atoms with Gasteiger partial charge in [-0.15, -0.1) is 0 Å². The molecule has 0 atom stereocenters. The van der Waals surface area contributed by atoms with Gasteiger partial charge in [0.15, 0.2) is 0 Å². The van der Waals surface area contributed by atoms with Gasteiger partial charge < -0.3 is 15.7 Å². The molecule has 0 aliphatic rings. The van der Waals surface area contributed by atoms with Gasteiger partial charge in [0.05, 0.1) is 0 Å². The molecule has 3 aromatic rings. The summed E-state index contributed by atoms with van der Waals surface area (Å²) in [7, 11) is 0. The minimum atomic E-state index is -1.09. The van der Waals surface area contributed by atoms with E-state index in [1.165, 1.54) is 0 Å². The summed E-state index contributed by atoms with van der Waals surface area (Å²) < 4.78 is 0. The zero-order valence-corrected chi connectivity index (χ0v) is 16.5. The Bertz CT molecular complexity index is 1060. The number of aryl methyl sites for hydroxylation is 2. The third-order valence-electron chi connectivity index (χ3n) is 4.39. The summed E-state index contributed by atoms with van der Waals surface area (Å²) in [5, 5.41) is 18.4. The molecular formula is C21H23N5O3. The molecule has 2 heterocycles. The maximum atomic E-state index is 11.9. The topological polar surface area (TPSA) is 116 Å². The van der Waals surface area contributed by atoms with Gasteiger partial charge >= 0.3 is 12.1 Å². The van der Waals surface area contributed by atoms with Gasteiger partial charge in [-0.25, -0.2) is 14.6 Å². The van der Waals surface area contributed by atoms with Crippen molar-refractivity contribution >= 4 is 28.7 Å². The number of amides is 3. The molecule has 0 saturated heterocycles. The number of anilines is 1. The zero-order chi connectivity index (χ0) is 21.0. The average Bonchev–Trinajstić information content (AvgIpc) is 2.65. The first-order valence-corrected chi connectivity index (χ1v) is 9.26. The second-order valence-corrected chi connectivity index (χ2v) is 6.67. The van der Waals surface area contributed by atoms with Crippen LogP contribution in [-0.4, -0.2) is 33.7 Å². The Kier molecular flexibility index (Phi) is 5.92. The zero-order valence-electron chi connectivity index (χ0n) is 16.5. The molecule has 0 saturated carbocycles. The number of carbonyl (C=O) groups is 2. The standard InChI is InChI=1S/C21H23N5O3/c1-4-22-20(27)26-19-9-17-16(15-7-12(2)25-13(3)8-15)6-5-14(10-24-21(28)29)18(17)11-23-19/h5-9,11,24H,4,10H2,1-3H3,(H,28,29)(H2,22,23,26,27). The summed E-state index contributed by atoms with van der Waals surface area (Å²) in [6.45, 7) is 6.37. The van der Waals surface area contributed by atoms with Crippen LogP contribution in [0.2, 0.25) is 0 Å². The fourth-order valence-electron chi connectivity index (χ4n) is 3.25. The summed E-state index contributed by atoms with van der Waals surface area (Å²) in [5.41, 5.74) is 4.55. The molecule has 0 unspecified atom stereocenters. The minimum absolute atomic E-state index is 0.158. The van der Waals surface area contributed by atoms with Crippen LogP contribution in [-0.2, 0) is 6.54 Å². The number of nitrogens with one attached hydrogen (secondary N) is 3. The van der Waals surface area contributed by atoms with Crippen molar-refractivity contribution in [2.45, 2.75) is 27.3 Å². The lowest BCUT2D eigenvalue weighted by Gasteiger charge is -2.14. The highest BCUT2D eigenvalue weighted by atomic mass is 16.4. The number of carboxylic acid groups (broad SMARTS) is 1. The van der Waals surface area contributed by atoms with Crippen molar-refractivity contribution < 1.29 is 14.7 Å². The van der Waals surface area contributed by atoms with Gasteiger partial charge in [-0.3, -0.25) is 10.3 Å². The second kappa shape index (κ2) is 8.55. The Hall–Kier alpha value is -3.68. The van der Waals surface area contributed by atoms with Crippen molar-refractivity contribution in [1.29, 1.82) is 0 Å². The van der Waals surface area contributed by atoms with Crippen molar-refractivity contribution in [1.82, 2.24) is 20.6 Å². The molecule has 0 bridgehead atoms.